The van der Waals surface area contributed by atoms with Crippen LogP contribution in [0.2, 0.25) is 0 Å². The summed E-state index contributed by atoms with van der Waals surface area (Å²) < 4.78 is 6.01. The number of fused-ring (bicyclic) bond motifs is 1. The number of hydrogen-bond acceptors (Lipinski definition) is 5. The van der Waals surface area contributed by atoms with Crippen molar-refractivity contribution >= 4 is 38.5 Å². The molecule has 1 aliphatic heterocycles. The van der Waals surface area contributed by atoms with Gasteiger partial charge in [-0.1, -0.05) is 54.6 Å². The zero-order valence-corrected chi connectivity index (χ0v) is 21.2. The van der Waals surface area contributed by atoms with E-state index in [1.807, 2.05) is 79.7 Å². The number of nitrogens with one attached hydrogen (secondary N) is 3. The van der Waals surface area contributed by atoms with Gasteiger partial charge >= 0.3 is 0 Å². The molecule has 0 spiro atoms. The smallest absolute Gasteiger partial charge is 0.243 e. The lowest BCUT2D eigenvalue weighted by Crippen LogP contribution is -2.50. The Balaban J connectivity index is 1.47. The minimum Gasteiger partial charge on any atom is -0.497 e. The number of hydrogen-bond donors (Lipinski definition) is 3. The molecule has 1 aliphatic rings. The Bertz CT molecular complexity index is 1230. The van der Waals surface area contributed by atoms with Gasteiger partial charge in [0.1, 0.15) is 22.5 Å². The van der Waals surface area contributed by atoms with Crippen molar-refractivity contribution in [2.45, 2.75) is 31.4 Å². The molecule has 1 heterocycles. The Hall–Kier alpha value is -3.36. The maximum atomic E-state index is 13.2. The van der Waals surface area contributed by atoms with Gasteiger partial charge in [-0.3, -0.25) is 19.9 Å². The molecule has 3 N–H and O–H groups in total. The minimum atomic E-state index is -0.723. The molecule has 0 fully saturated rings. The summed E-state index contributed by atoms with van der Waals surface area (Å²) in [5, 5.41) is 7.90. The first-order valence-corrected chi connectivity index (χ1v) is 12.2. The van der Waals surface area contributed by atoms with E-state index in [1.165, 1.54) is 0 Å². The molecule has 0 radical (unpaired) electrons. The molecule has 4 rings (SSSR count). The average molecular weight is 538 g/mol. The van der Waals surface area contributed by atoms with Crippen LogP contribution in [-0.4, -0.2) is 37.6 Å². The van der Waals surface area contributed by atoms with Gasteiger partial charge in [0, 0.05) is 6.42 Å². The number of carbonyl (C=O) groups excluding carboxylic acids is 2. The second kappa shape index (κ2) is 11.4. The van der Waals surface area contributed by atoms with Crippen LogP contribution in [0.1, 0.15) is 24.0 Å². The van der Waals surface area contributed by atoms with Gasteiger partial charge in [-0.25, -0.2) is 0 Å². The summed E-state index contributed by atoms with van der Waals surface area (Å²) in [4.78, 5) is 31.6. The van der Waals surface area contributed by atoms with E-state index >= 15 is 0 Å². The monoisotopic (exact) mass is 537 g/mol. The summed E-state index contributed by atoms with van der Waals surface area (Å²) in [5.41, 5.74) is 4.53. The zero-order valence-electron chi connectivity index (χ0n) is 19.6. The number of hydroxylamine groups is 1. The fraction of sp³-hybridized carbons (Fsp3) is 0.259. The van der Waals surface area contributed by atoms with Crippen molar-refractivity contribution in [3.05, 3.63) is 88.5 Å². The lowest BCUT2D eigenvalue weighted by molar-refractivity contribution is -0.129. The molecule has 0 saturated heterocycles. The molecular formula is C27H28BrN3O4. The lowest BCUT2D eigenvalue weighted by Gasteiger charge is -2.22. The van der Waals surface area contributed by atoms with Gasteiger partial charge in [-0.2, -0.15) is 0 Å². The van der Waals surface area contributed by atoms with Gasteiger partial charge < -0.3 is 15.4 Å². The van der Waals surface area contributed by atoms with Gasteiger partial charge in [0.15, 0.2) is 0 Å². The van der Waals surface area contributed by atoms with Crippen LogP contribution >= 0.6 is 15.9 Å². The van der Waals surface area contributed by atoms with Crippen LogP contribution in [0.15, 0.2) is 77.4 Å². The topological polar surface area (TPSA) is 88.7 Å². The summed E-state index contributed by atoms with van der Waals surface area (Å²) >= 11 is 3.30. The highest BCUT2D eigenvalue weighted by Gasteiger charge is 2.26. The number of amides is 2. The number of benzene rings is 3. The number of carbonyl (C=O) groups is 2. The Labute approximate surface area is 213 Å². The Morgan fingerprint density at radius 3 is 2.51 bits per heavy atom. The summed E-state index contributed by atoms with van der Waals surface area (Å²) in [6.07, 6.45) is 1.91. The van der Waals surface area contributed by atoms with E-state index in [1.54, 1.807) is 7.11 Å². The largest absolute Gasteiger partial charge is 0.497 e. The summed E-state index contributed by atoms with van der Waals surface area (Å²) in [6.45, 7) is 2.13. The van der Waals surface area contributed by atoms with Crippen LogP contribution < -0.4 is 20.9 Å². The third-order valence-corrected chi connectivity index (χ3v) is 6.42. The molecule has 1 unspecified atom stereocenters. The number of rotatable bonds is 9. The van der Waals surface area contributed by atoms with Gasteiger partial charge in [-0.05, 0) is 63.0 Å². The SMILES string of the molecule is COc1ccc2cc([C@H](C)C(=O)N[C@@H](Cc3ccccc3)C(=O)NCC3C=C(Br)NO3)ccc2c1. The van der Waals surface area contributed by atoms with E-state index in [0.717, 1.165) is 27.6 Å². The Kier molecular flexibility index (Phi) is 8.05. The molecular weight excluding hydrogens is 510 g/mol. The van der Waals surface area contributed by atoms with Crippen LogP contribution in [0.3, 0.4) is 0 Å². The van der Waals surface area contributed by atoms with Crippen LogP contribution in [0, 0.1) is 0 Å². The van der Waals surface area contributed by atoms with Crippen LogP contribution in [0.25, 0.3) is 10.8 Å². The maximum Gasteiger partial charge on any atom is 0.243 e. The van der Waals surface area contributed by atoms with E-state index in [-0.39, 0.29) is 24.5 Å². The Morgan fingerprint density at radius 1 is 1.06 bits per heavy atom. The summed E-state index contributed by atoms with van der Waals surface area (Å²) in [5.74, 6) is -0.128. The standard InChI is InChI=1S/C27H28BrN3O4/c1-17(19-8-9-21-14-22(34-2)11-10-20(21)13-19)26(32)30-24(12-18-6-4-3-5-7-18)27(33)29-16-23-15-25(28)31-35-23/h3-11,13-15,17,23-24,31H,12,16H2,1-2H3,(H,29,33)(H,30,32)/t17-,23?,24-/m0/s1. The van der Waals surface area contributed by atoms with Crippen LogP contribution in [-0.2, 0) is 20.8 Å². The lowest BCUT2D eigenvalue weighted by atomic mass is 9.96. The average Bonchev–Trinajstić information content (AvgIpc) is 3.31. The molecule has 3 aromatic rings. The molecule has 3 atom stereocenters. The molecule has 0 bridgehead atoms. The predicted octanol–water partition coefficient (Wildman–Crippen LogP) is 3.94. The molecule has 0 aliphatic carbocycles. The van der Waals surface area contributed by atoms with Crippen molar-refractivity contribution in [1.82, 2.24) is 16.1 Å². The number of halogens is 1. The first kappa shape index (κ1) is 24.8. The van der Waals surface area contributed by atoms with Crippen molar-refractivity contribution in [1.29, 1.82) is 0 Å². The van der Waals surface area contributed by atoms with Crippen molar-refractivity contribution in [2.75, 3.05) is 13.7 Å². The van der Waals surface area contributed by atoms with E-state index in [9.17, 15) is 9.59 Å². The third-order valence-electron chi connectivity index (χ3n) is 6.00. The summed E-state index contributed by atoms with van der Waals surface area (Å²) in [7, 11) is 1.64. The highest BCUT2D eigenvalue weighted by molar-refractivity contribution is 9.11. The van der Waals surface area contributed by atoms with E-state index in [4.69, 9.17) is 9.57 Å². The second-order valence-corrected chi connectivity index (χ2v) is 9.32. The van der Waals surface area contributed by atoms with Crippen molar-refractivity contribution < 1.29 is 19.2 Å². The molecule has 35 heavy (non-hydrogen) atoms. The molecule has 7 nitrogen and oxygen atoms in total. The second-order valence-electron chi connectivity index (χ2n) is 8.46. The number of ether oxygens (including phenoxy) is 1. The van der Waals surface area contributed by atoms with Gasteiger partial charge in [0.2, 0.25) is 11.8 Å². The first-order chi connectivity index (χ1) is 16.9. The van der Waals surface area contributed by atoms with E-state index in [2.05, 4.69) is 32.0 Å². The van der Waals surface area contributed by atoms with Crippen molar-refractivity contribution in [3.8, 4) is 5.75 Å². The highest BCUT2D eigenvalue weighted by atomic mass is 79.9. The molecule has 182 valence electrons. The van der Waals surface area contributed by atoms with Gasteiger partial charge in [0.25, 0.3) is 0 Å². The fourth-order valence-electron chi connectivity index (χ4n) is 3.93. The van der Waals surface area contributed by atoms with Crippen molar-refractivity contribution in [3.63, 3.8) is 0 Å². The maximum absolute atomic E-state index is 13.2. The quantitative estimate of drug-likeness (QED) is 0.360. The highest BCUT2D eigenvalue weighted by Crippen LogP contribution is 2.25. The van der Waals surface area contributed by atoms with Gasteiger partial charge in [0.05, 0.1) is 19.6 Å². The fourth-order valence-corrected chi connectivity index (χ4v) is 4.32. The third kappa shape index (κ3) is 6.41. The van der Waals surface area contributed by atoms with Gasteiger partial charge in [-0.15, -0.1) is 0 Å². The molecule has 0 aromatic heterocycles. The van der Waals surface area contributed by atoms with Crippen LogP contribution in [0.5, 0.6) is 5.75 Å². The summed E-state index contributed by atoms with van der Waals surface area (Å²) in [6, 6.07) is 20.7. The molecule has 0 saturated carbocycles. The van der Waals surface area contributed by atoms with E-state index < -0.39 is 12.0 Å². The Morgan fingerprint density at radius 2 is 1.80 bits per heavy atom. The molecule has 8 heteroatoms. The van der Waals surface area contributed by atoms with Crippen LogP contribution in [0.4, 0.5) is 0 Å². The number of methoxy groups -OCH3 is 1. The van der Waals surface area contributed by atoms with Crippen molar-refractivity contribution in [2.24, 2.45) is 0 Å². The normalized spacial score (nSPS) is 16.7. The van der Waals surface area contributed by atoms with E-state index in [0.29, 0.717) is 11.0 Å². The molecule has 3 aromatic carbocycles. The molecule has 2 amide bonds. The zero-order chi connectivity index (χ0) is 24.8. The first-order valence-electron chi connectivity index (χ1n) is 11.4. The predicted molar refractivity (Wildman–Crippen MR) is 139 cm³/mol. The minimum absolute atomic E-state index is 0.213.